The highest BCUT2D eigenvalue weighted by Gasteiger charge is 2.70. The van der Waals surface area contributed by atoms with Crippen LogP contribution in [0.25, 0.3) is 0 Å². The monoisotopic (exact) mass is 304 g/mol. The molecule has 6 nitrogen and oxygen atoms in total. The first-order valence-corrected chi connectivity index (χ1v) is 6.63. The largest absolute Gasteiger partial charge is 0.469 e. The molecule has 6 atom stereocenters. The van der Waals surface area contributed by atoms with E-state index >= 15 is 0 Å². The third-order valence-electron chi connectivity index (χ3n) is 4.62. The van der Waals surface area contributed by atoms with Crippen molar-refractivity contribution in [3.8, 4) is 0 Å². The fourth-order valence-corrected chi connectivity index (χ4v) is 3.83. The minimum Gasteiger partial charge on any atom is -0.469 e. The van der Waals surface area contributed by atoms with Crippen molar-refractivity contribution in [1.82, 2.24) is 0 Å². The maximum Gasteiger partial charge on any atom is 0.377 e. The zero-order chi connectivity index (χ0) is 15.5. The highest BCUT2D eigenvalue weighted by molar-refractivity contribution is 5.86. The van der Waals surface area contributed by atoms with Crippen molar-refractivity contribution in [2.24, 2.45) is 23.7 Å². The summed E-state index contributed by atoms with van der Waals surface area (Å²) in [7, 11) is 1.19. The minimum atomic E-state index is -3.63. The Hall–Kier alpha value is -1.73. The van der Waals surface area contributed by atoms with E-state index < -0.39 is 53.8 Å². The lowest BCUT2D eigenvalue weighted by Crippen LogP contribution is -2.45. The van der Waals surface area contributed by atoms with Crippen LogP contribution < -0.4 is 0 Å². The van der Waals surface area contributed by atoms with Gasteiger partial charge in [-0.15, -0.1) is 0 Å². The number of ether oxygens (including phenoxy) is 3. The molecule has 1 aliphatic heterocycles. The van der Waals surface area contributed by atoms with Gasteiger partial charge in [0.1, 0.15) is 12.2 Å². The molecular weight excluding hydrogens is 290 g/mol. The lowest BCUT2D eigenvalue weighted by atomic mass is 9.78. The van der Waals surface area contributed by atoms with Crippen LogP contribution >= 0.6 is 0 Å². The van der Waals surface area contributed by atoms with Crippen LogP contribution in [0.15, 0.2) is 0 Å². The van der Waals surface area contributed by atoms with Crippen LogP contribution in [0.3, 0.4) is 0 Å². The van der Waals surface area contributed by atoms with Gasteiger partial charge in [-0.05, 0) is 6.42 Å². The molecule has 1 heterocycles. The van der Waals surface area contributed by atoms with Crippen molar-refractivity contribution < 1.29 is 37.4 Å². The second kappa shape index (κ2) is 4.38. The Balaban J connectivity index is 1.86. The fraction of sp³-hybridized carbons (Fsp3) is 0.769. The minimum absolute atomic E-state index is 0.283. The van der Waals surface area contributed by atoms with E-state index in [0.717, 1.165) is 0 Å². The first-order valence-electron chi connectivity index (χ1n) is 6.63. The number of hydrogen-bond donors (Lipinski definition) is 0. The Morgan fingerprint density at radius 2 is 2.00 bits per heavy atom. The van der Waals surface area contributed by atoms with Gasteiger partial charge in [0.2, 0.25) is 0 Å². The highest BCUT2D eigenvalue weighted by atomic mass is 19.3. The van der Waals surface area contributed by atoms with Gasteiger partial charge >= 0.3 is 23.8 Å². The Labute approximate surface area is 118 Å². The highest BCUT2D eigenvalue weighted by Crippen LogP contribution is 2.59. The van der Waals surface area contributed by atoms with E-state index in [1.54, 1.807) is 0 Å². The number of carbonyl (C=O) groups is 3. The van der Waals surface area contributed by atoms with Gasteiger partial charge in [-0.2, -0.15) is 8.78 Å². The van der Waals surface area contributed by atoms with Gasteiger partial charge in [0, 0.05) is 18.8 Å². The Kier molecular flexibility index (Phi) is 2.97. The molecule has 116 valence electrons. The number of esters is 3. The molecule has 3 rings (SSSR count). The molecular formula is C13H14F2O6. The van der Waals surface area contributed by atoms with Crippen molar-refractivity contribution in [2.75, 3.05) is 7.11 Å². The second-order valence-electron chi connectivity index (χ2n) is 5.80. The van der Waals surface area contributed by atoms with Gasteiger partial charge in [0.15, 0.2) is 0 Å². The van der Waals surface area contributed by atoms with E-state index in [1.807, 2.05) is 0 Å². The van der Waals surface area contributed by atoms with E-state index in [9.17, 15) is 23.2 Å². The summed E-state index contributed by atoms with van der Waals surface area (Å²) in [4.78, 5) is 35.1. The molecule has 3 aliphatic rings. The molecule has 0 aromatic rings. The van der Waals surface area contributed by atoms with E-state index in [-0.39, 0.29) is 5.92 Å². The molecule has 0 spiro atoms. The average molecular weight is 304 g/mol. The van der Waals surface area contributed by atoms with E-state index in [2.05, 4.69) is 4.74 Å². The molecule has 6 unspecified atom stereocenters. The molecule has 0 aromatic carbocycles. The maximum absolute atomic E-state index is 13.0. The molecule has 3 fully saturated rings. The van der Waals surface area contributed by atoms with Crippen molar-refractivity contribution in [3.05, 3.63) is 0 Å². The summed E-state index contributed by atoms with van der Waals surface area (Å²) in [6.07, 6.45) is -1.33. The number of carbonyl (C=O) groups excluding carboxylic acids is 3. The summed E-state index contributed by atoms with van der Waals surface area (Å²) >= 11 is 0. The van der Waals surface area contributed by atoms with Crippen LogP contribution in [-0.2, 0) is 28.6 Å². The molecule has 21 heavy (non-hydrogen) atoms. The summed E-state index contributed by atoms with van der Waals surface area (Å²) in [6.45, 7) is 0.434. The van der Waals surface area contributed by atoms with Crippen LogP contribution in [0.2, 0.25) is 0 Å². The van der Waals surface area contributed by atoms with Gasteiger partial charge in [-0.25, -0.2) is 4.79 Å². The molecule has 0 N–H and O–H groups in total. The smallest absolute Gasteiger partial charge is 0.377 e. The van der Waals surface area contributed by atoms with Crippen LogP contribution in [0.1, 0.15) is 13.3 Å². The summed E-state index contributed by atoms with van der Waals surface area (Å²) in [6, 6.07) is 0. The molecule has 1 saturated heterocycles. The lowest BCUT2D eigenvalue weighted by Gasteiger charge is -2.30. The Morgan fingerprint density at radius 1 is 1.33 bits per heavy atom. The summed E-state index contributed by atoms with van der Waals surface area (Å²) in [5.74, 6) is -8.68. The predicted octanol–water partition coefficient (Wildman–Crippen LogP) is 0.534. The normalized spacial score (nSPS) is 40.1. The summed E-state index contributed by atoms with van der Waals surface area (Å²) in [5.41, 5.74) is 0. The van der Waals surface area contributed by atoms with Crippen molar-refractivity contribution in [1.29, 1.82) is 0 Å². The van der Waals surface area contributed by atoms with Gasteiger partial charge in [-0.1, -0.05) is 0 Å². The van der Waals surface area contributed by atoms with E-state index in [0.29, 0.717) is 13.3 Å². The van der Waals surface area contributed by atoms with Crippen LogP contribution in [0.5, 0.6) is 0 Å². The number of methoxy groups -OCH3 is 1. The third kappa shape index (κ3) is 1.91. The first-order chi connectivity index (χ1) is 9.75. The topological polar surface area (TPSA) is 78.9 Å². The van der Waals surface area contributed by atoms with Crippen LogP contribution in [0, 0.1) is 23.7 Å². The quantitative estimate of drug-likeness (QED) is 0.559. The summed E-state index contributed by atoms with van der Waals surface area (Å²) < 4.78 is 40.6. The molecule has 2 saturated carbocycles. The fourth-order valence-electron chi connectivity index (χ4n) is 3.83. The van der Waals surface area contributed by atoms with Gasteiger partial charge in [0.25, 0.3) is 0 Å². The van der Waals surface area contributed by atoms with Gasteiger partial charge < -0.3 is 14.2 Å². The third-order valence-corrected chi connectivity index (χ3v) is 4.62. The first kappa shape index (κ1) is 14.2. The van der Waals surface area contributed by atoms with Crippen molar-refractivity contribution in [3.63, 3.8) is 0 Å². The Morgan fingerprint density at radius 3 is 2.57 bits per heavy atom. The molecule has 0 aromatic heterocycles. The SMILES string of the molecule is COC(=O)C1C2CC3C(OC(=O)C31)C2OC(=O)C(C)(F)F. The van der Waals surface area contributed by atoms with E-state index in [1.165, 1.54) is 7.11 Å². The molecule has 2 bridgehead atoms. The Bertz CT molecular complexity index is 513. The van der Waals surface area contributed by atoms with Crippen LogP contribution in [-0.4, -0.2) is 43.1 Å². The molecule has 8 heteroatoms. The van der Waals surface area contributed by atoms with Crippen molar-refractivity contribution >= 4 is 17.9 Å². The standard InChI is InChI=1S/C13H14F2O6/c1-13(14,15)12(18)21-9-4-3-5-7(6(4)10(16)19-2)11(17)20-8(5)9/h4-9H,3H2,1-2H3. The molecule has 2 aliphatic carbocycles. The average Bonchev–Trinajstić information content (AvgIpc) is 2.99. The number of alkyl halides is 2. The number of rotatable bonds is 3. The van der Waals surface area contributed by atoms with Crippen LogP contribution in [0.4, 0.5) is 8.78 Å². The lowest BCUT2D eigenvalue weighted by molar-refractivity contribution is -0.185. The molecule has 0 radical (unpaired) electrons. The van der Waals surface area contributed by atoms with Gasteiger partial charge in [0.05, 0.1) is 18.9 Å². The summed E-state index contributed by atoms with van der Waals surface area (Å²) in [5, 5.41) is 0. The predicted molar refractivity (Wildman–Crippen MR) is 61.0 cm³/mol. The van der Waals surface area contributed by atoms with Crippen molar-refractivity contribution in [2.45, 2.75) is 31.5 Å². The number of hydrogen-bond acceptors (Lipinski definition) is 6. The maximum atomic E-state index is 13.0. The zero-order valence-electron chi connectivity index (χ0n) is 11.4. The molecule has 0 amide bonds. The zero-order valence-corrected chi connectivity index (χ0v) is 11.4. The van der Waals surface area contributed by atoms with E-state index in [4.69, 9.17) is 9.47 Å². The number of halogens is 2. The second-order valence-corrected chi connectivity index (χ2v) is 5.80. The number of fused-ring (bicyclic) bond motifs is 1. The van der Waals surface area contributed by atoms with Gasteiger partial charge in [-0.3, -0.25) is 9.59 Å².